The second-order valence-corrected chi connectivity index (χ2v) is 12.1. The molecule has 0 heterocycles. The van der Waals surface area contributed by atoms with E-state index in [0.29, 0.717) is 11.3 Å². The van der Waals surface area contributed by atoms with Crippen LogP contribution in [0.2, 0.25) is 0 Å². The summed E-state index contributed by atoms with van der Waals surface area (Å²) in [5.74, 6) is 3.01. The van der Waals surface area contributed by atoms with Gasteiger partial charge >= 0.3 is 0 Å². The van der Waals surface area contributed by atoms with Crippen LogP contribution in [0.5, 0.6) is 0 Å². The minimum Gasteiger partial charge on any atom is -0.396 e. The molecule has 2 heteroatoms. The fraction of sp³-hybridized carbons (Fsp3) is 0.857. The van der Waals surface area contributed by atoms with Crippen LogP contribution in [0.4, 0.5) is 0 Å². The third kappa shape index (κ3) is 3.54. The zero-order valence-corrected chi connectivity index (χ0v) is 20.2. The van der Waals surface area contributed by atoms with E-state index in [4.69, 9.17) is 0 Å². The first kappa shape index (κ1) is 22.6. The lowest BCUT2D eigenvalue weighted by molar-refractivity contribution is -0.0619. The third-order valence-electron chi connectivity index (χ3n) is 10.4. The molecule has 0 aromatic heterocycles. The molecule has 2 fully saturated rings. The summed E-state index contributed by atoms with van der Waals surface area (Å²) in [6.45, 7) is 12.2. The van der Waals surface area contributed by atoms with Crippen LogP contribution in [-0.2, 0) is 0 Å². The molecule has 4 aliphatic rings. The lowest BCUT2D eigenvalue weighted by atomic mass is 9.48. The summed E-state index contributed by atoms with van der Waals surface area (Å²) in [6, 6.07) is 0. The van der Waals surface area contributed by atoms with Gasteiger partial charge in [0.15, 0.2) is 0 Å². The first-order chi connectivity index (χ1) is 14.2. The second-order valence-electron chi connectivity index (χ2n) is 12.1. The van der Waals surface area contributed by atoms with Crippen molar-refractivity contribution in [2.24, 2.45) is 40.4 Å². The van der Waals surface area contributed by atoms with Gasteiger partial charge in [0.1, 0.15) is 0 Å². The lowest BCUT2D eigenvalue weighted by Crippen LogP contribution is -2.50. The number of aliphatic hydroxyl groups excluding tert-OH is 2. The van der Waals surface area contributed by atoms with E-state index in [9.17, 15) is 10.2 Å². The summed E-state index contributed by atoms with van der Waals surface area (Å²) in [6.07, 6.45) is 14.5. The monoisotopic (exact) mass is 414 g/mol. The van der Waals surface area contributed by atoms with E-state index in [1.54, 1.807) is 5.57 Å². The van der Waals surface area contributed by atoms with Crippen LogP contribution in [0, 0.1) is 40.4 Å². The molecule has 0 amide bonds. The summed E-state index contributed by atoms with van der Waals surface area (Å²) in [4.78, 5) is 0. The van der Waals surface area contributed by atoms with Crippen molar-refractivity contribution in [3.05, 3.63) is 22.8 Å². The minimum atomic E-state index is -0.304. The highest BCUT2D eigenvalue weighted by atomic mass is 16.3. The van der Waals surface area contributed by atoms with Crippen molar-refractivity contribution in [3.8, 4) is 0 Å². The minimum absolute atomic E-state index is 0.0811. The summed E-state index contributed by atoms with van der Waals surface area (Å²) in [5.41, 5.74) is 5.75. The highest BCUT2D eigenvalue weighted by Crippen LogP contribution is 2.66. The van der Waals surface area contributed by atoms with Crippen LogP contribution in [0.1, 0.15) is 98.8 Å². The van der Waals surface area contributed by atoms with Gasteiger partial charge < -0.3 is 10.2 Å². The van der Waals surface area contributed by atoms with Crippen LogP contribution in [0.15, 0.2) is 22.8 Å². The summed E-state index contributed by atoms with van der Waals surface area (Å²) in [5, 5.41) is 20.6. The smallest absolute Gasteiger partial charge is 0.0593 e. The average molecular weight is 415 g/mol. The van der Waals surface area contributed by atoms with E-state index >= 15 is 0 Å². The SMILES string of the molecule is CC(C)=CCCC(C)C1CCC2C3=C(CCC21C)C1(C)CCC(O)C(CO)C1CC3. The molecule has 8 atom stereocenters. The van der Waals surface area contributed by atoms with Gasteiger partial charge in [-0.2, -0.15) is 0 Å². The fourth-order valence-corrected chi connectivity index (χ4v) is 8.76. The lowest BCUT2D eigenvalue weighted by Gasteiger charge is -2.57. The van der Waals surface area contributed by atoms with Crippen LogP contribution < -0.4 is 0 Å². The standard InChI is InChI=1S/C28H46O2/c1-18(2)7-6-8-19(3)22-11-12-23-20-9-10-24-21(17-29)26(30)14-16-28(24,5)25(20)13-15-27(22,23)4/h7,19,21-24,26,29-30H,6,8-17H2,1-5H3. The molecule has 2 saturated carbocycles. The Morgan fingerprint density at radius 2 is 1.87 bits per heavy atom. The topological polar surface area (TPSA) is 40.5 Å². The number of hydrogen-bond donors (Lipinski definition) is 2. The number of hydrogen-bond acceptors (Lipinski definition) is 2. The molecule has 0 radical (unpaired) electrons. The molecule has 0 aliphatic heterocycles. The van der Waals surface area contributed by atoms with Gasteiger partial charge in [0, 0.05) is 12.5 Å². The maximum absolute atomic E-state index is 10.5. The molecule has 4 rings (SSSR count). The van der Waals surface area contributed by atoms with Crippen molar-refractivity contribution in [2.75, 3.05) is 6.61 Å². The van der Waals surface area contributed by atoms with Crippen LogP contribution in [0.3, 0.4) is 0 Å². The van der Waals surface area contributed by atoms with Crippen LogP contribution in [-0.4, -0.2) is 22.9 Å². The molecular formula is C28H46O2. The normalized spacial score (nSPS) is 44.2. The first-order valence-corrected chi connectivity index (χ1v) is 12.9. The van der Waals surface area contributed by atoms with Crippen molar-refractivity contribution in [1.82, 2.24) is 0 Å². The average Bonchev–Trinajstić information content (AvgIpc) is 3.05. The summed E-state index contributed by atoms with van der Waals surface area (Å²) >= 11 is 0. The van der Waals surface area contributed by atoms with Gasteiger partial charge in [0.05, 0.1) is 6.10 Å². The van der Waals surface area contributed by atoms with E-state index < -0.39 is 0 Å². The Bertz CT molecular complexity index is 701. The zero-order chi connectivity index (χ0) is 21.7. The molecule has 0 saturated heterocycles. The molecule has 0 aromatic rings. The Balaban J connectivity index is 1.57. The van der Waals surface area contributed by atoms with Crippen molar-refractivity contribution in [2.45, 2.75) is 105 Å². The maximum Gasteiger partial charge on any atom is 0.0593 e. The number of allylic oxidation sites excluding steroid dienone is 4. The van der Waals surface area contributed by atoms with Gasteiger partial charge in [-0.3, -0.25) is 0 Å². The molecule has 2 N–H and O–H groups in total. The van der Waals surface area contributed by atoms with Crippen molar-refractivity contribution in [1.29, 1.82) is 0 Å². The van der Waals surface area contributed by atoms with Gasteiger partial charge in [0.2, 0.25) is 0 Å². The van der Waals surface area contributed by atoms with Gasteiger partial charge in [-0.05, 0) is 113 Å². The van der Waals surface area contributed by atoms with Crippen molar-refractivity contribution in [3.63, 3.8) is 0 Å². The number of fused-ring (bicyclic) bond motifs is 4. The van der Waals surface area contributed by atoms with E-state index in [-0.39, 0.29) is 24.0 Å². The predicted molar refractivity (Wildman–Crippen MR) is 125 cm³/mol. The van der Waals surface area contributed by atoms with E-state index in [1.807, 2.05) is 5.57 Å². The Hall–Kier alpha value is -0.600. The molecule has 8 unspecified atom stereocenters. The Labute approximate surface area is 185 Å². The molecule has 0 aromatic carbocycles. The second kappa shape index (κ2) is 8.39. The zero-order valence-electron chi connectivity index (χ0n) is 20.2. The van der Waals surface area contributed by atoms with E-state index in [2.05, 4.69) is 40.7 Å². The highest BCUT2D eigenvalue weighted by molar-refractivity contribution is 5.35. The molecule has 4 aliphatic carbocycles. The first-order valence-electron chi connectivity index (χ1n) is 12.9. The Morgan fingerprint density at radius 1 is 1.10 bits per heavy atom. The number of rotatable bonds is 5. The fourth-order valence-electron chi connectivity index (χ4n) is 8.76. The molecule has 0 bridgehead atoms. The summed E-state index contributed by atoms with van der Waals surface area (Å²) < 4.78 is 0. The van der Waals surface area contributed by atoms with Gasteiger partial charge in [-0.1, -0.05) is 43.6 Å². The van der Waals surface area contributed by atoms with Crippen LogP contribution in [0.25, 0.3) is 0 Å². The van der Waals surface area contributed by atoms with Crippen molar-refractivity contribution >= 4 is 0 Å². The summed E-state index contributed by atoms with van der Waals surface area (Å²) in [7, 11) is 0. The molecular weight excluding hydrogens is 368 g/mol. The molecule has 30 heavy (non-hydrogen) atoms. The maximum atomic E-state index is 10.5. The van der Waals surface area contributed by atoms with Crippen molar-refractivity contribution < 1.29 is 10.2 Å². The third-order valence-corrected chi connectivity index (χ3v) is 10.4. The molecule has 170 valence electrons. The van der Waals surface area contributed by atoms with Gasteiger partial charge in [0.25, 0.3) is 0 Å². The van der Waals surface area contributed by atoms with E-state index in [0.717, 1.165) is 30.6 Å². The van der Waals surface area contributed by atoms with Gasteiger partial charge in [-0.25, -0.2) is 0 Å². The Kier molecular flexibility index (Phi) is 6.32. The number of aliphatic hydroxyl groups is 2. The van der Waals surface area contributed by atoms with Gasteiger partial charge in [-0.15, -0.1) is 0 Å². The largest absolute Gasteiger partial charge is 0.396 e. The highest BCUT2D eigenvalue weighted by Gasteiger charge is 2.57. The molecule has 2 nitrogen and oxygen atoms in total. The quantitative estimate of drug-likeness (QED) is 0.493. The molecule has 0 spiro atoms. The predicted octanol–water partition coefficient (Wildman–Crippen LogP) is 6.67. The Morgan fingerprint density at radius 3 is 2.57 bits per heavy atom. The van der Waals surface area contributed by atoms with E-state index in [1.165, 1.54) is 56.9 Å². The van der Waals surface area contributed by atoms with Crippen LogP contribution >= 0.6 is 0 Å².